The molecule has 1 amide bonds. The third-order valence-electron chi connectivity index (χ3n) is 5.43. The van der Waals surface area contributed by atoms with Crippen LogP contribution in [0.15, 0.2) is 48.5 Å². The van der Waals surface area contributed by atoms with Crippen molar-refractivity contribution in [3.8, 4) is 5.75 Å². The lowest BCUT2D eigenvalue weighted by Crippen LogP contribution is -2.43. The van der Waals surface area contributed by atoms with Crippen molar-refractivity contribution in [2.45, 2.75) is 58.4 Å². The number of amides is 1. The van der Waals surface area contributed by atoms with Gasteiger partial charge in [-0.1, -0.05) is 38.0 Å². The number of methoxy groups -OCH3 is 1. The van der Waals surface area contributed by atoms with Gasteiger partial charge in [-0.25, -0.2) is 0 Å². The summed E-state index contributed by atoms with van der Waals surface area (Å²) in [5, 5.41) is 6.39. The second-order valence-corrected chi connectivity index (χ2v) is 8.72. The van der Waals surface area contributed by atoms with Gasteiger partial charge in [0.15, 0.2) is 5.78 Å². The molecule has 0 spiro atoms. The first-order chi connectivity index (χ1) is 14.8. The molecule has 5 heteroatoms. The van der Waals surface area contributed by atoms with E-state index in [0.29, 0.717) is 17.7 Å². The van der Waals surface area contributed by atoms with E-state index in [9.17, 15) is 9.59 Å². The first kappa shape index (κ1) is 22.6. The van der Waals surface area contributed by atoms with Crippen molar-refractivity contribution in [2.24, 2.45) is 0 Å². The minimum atomic E-state index is -0.165. The van der Waals surface area contributed by atoms with Crippen molar-refractivity contribution >= 4 is 23.1 Å². The number of carbonyl (C=O) groups excluding carboxylic acids is 2. The number of fused-ring (bicyclic) bond motifs is 1. The molecule has 1 heterocycles. The molecule has 0 atom stereocenters. The van der Waals surface area contributed by atoms with Crippen molar-refractivity contribution in [3.05, 3.63) is 65.2 Å². The molecule has 0 aromatic heterocycles. The molecule has 2 N–H and O–H groups in total. The standard InChI is InChI=1S/C26H32N2O3/c1-5-6-7-11-25(30)27-20-10-8-9-18(14-20)24(29)16-23-22-15-21(31-4)13-12-19(22)17-26(2,3)28-23/h8-10,12-16,28H,5-7,11,17H2,1-4H3,(H,27,30)/b23-16-. The highest BCUT2D eigenvalue weighted by Gasteiger charge is 2.28. The quantitative estimate of drug-likeness (QED) is 0.343. The Labute approximate surface area is 184 Å². The molecule has 3 rings (SSSR count). The van der Waals surface area contributed by atoms with Crippen LogP contribution in [0.5, 0.6) is 5.75 Å². The number of benzene rings is 2. The Morgan fingerprint density at radius 3 is 2.71 bits per heavy atom. The Kier molecular flexibility index (Phi) is 7.16. The molecule has 31 heavy (non-hydrogen) atoms. The third kappa shape index (κ3) is 5.97. The number of hydrogen-bond acceptors (Lipinski definition) is 4. The van der Waals surface area contributed by atoms with Crippen molar-refractivity contribution in [3.63, 3.8) is 0 Å². The zero-order valence-electron chi connectivity index (χ0n) is 18.9. The lowest BCUT2D eigenvalue weighted by atomic mass is 9.85. The zero-order chi connectivity index (χ0) is 22.4. The Balaban J connectivity index is 1.83. The van der Waals surface area contributed by atoms with E-state index >= 15 is 0 Å². The number of anilines is 1. The molecule has 2 aromatic carbocycles. The van der Waals surface area contributed by atoms with E-state index < -0.39 is 0 Å². The molecule has 0 saturated heterocycles. The maximum atomic E-state index is 13.1. The smallest absolute Gasteiger partial charge is 0.224 e. The van der Waals surface area contributed by atoms with Crippen LogP contribution in [0.4, 0.5) is 5.69 Å². The molecule has 164 valence electrons. The number of rotatable bonds is 8. The number of unbranched alkanes of at least 4 members (excludes halogenated alkanes) is 2. The summed E-state index contributed by atoms with van der Waals surface area (Å²) < 4.78 is 5.38. The van der Waals surface area contributed by atoms with Crippen molar-refractivity contribution in [1.82, 2.24) is 5.32 Å². The summed E-state index contributed by atoms with van der Waals surface area (Å²) >= 11 is 0. The number of hydrogen-bond donors (Lipinski definition) is 2. The van der Waals surface area contributed by atoms with Gasteiger partial charge in [0.2, 0.25) is 5.91 Å². The maximum Gasteiger partial charge on any atom is 0.224 e. The molecule has 0 bridgehead atoms. The van der Waals surface area contributed by atoms with Gasteiger partial charge in [0, 0.05) is 40.5 Å². The average molecular weight is 421 g/mol. The summed E-state index contributed by atoms with van der Waals surface area (Å²) in [7, 11) is 1.64. The minimum Gasteiger partial charge on any atom is -0.497 e. The zero-order valence-corrected chi connectivity index (χ0v) is 18.9. The molecule has 2 aromatic rings. The normalized spacial score (nSPS) is 15.7. The molecule has 0 aliphatic carbocycles. The minimum absolute atomic E-state index is 0.0203. The van der Waals surface area contributed by atoms with Crippen LogP contribution in [0.1, 0.15) is 67.9 Å². The topological polar surface area (TPSA) is 67.4 Å². The second-order valence-electron chi connectivity index (χ2n) is 8.72. The van der Waals surface area contributed by atoms with Gasteiger partial charge in [-0.05, 0) is 56.5 Å². The predicted molar refractivity (Wildman–Crippen MR) is 125 cm³/mol. The van der Waals surface area contributed by atoms with Crippen LogP contribution in [0, 0.1) is 0 Å². The van der Waals surface area contributed by atoms with Crippen LogP contribution >= 0.6 is 0 Å². The lowest BCUT2D eigenvalue weighted by molar-refractivity contribution is -0.116. The molecular weight excluding hydrogens is 388 g/mol. The van der Waals surface area contributed by atoms with E-state index in [1.165, 1.54) is 5.56 Å². The van der Waals surface area contributed by atoms with E-state index in [2.05, 4.69) is 37.5 Å². The monoisotopic (exact) mass is 420 g/mol. The van der Waals surface area contributed by atoms with Gasteiger partial charge in [-0.2, -0.15) is 0 Å². The van der Waals surface area contributed by atoms with E-state index in [-0.39, 0.29) is 17.2 Å². The summed E-state index contributed by atoms with van der Waals surface area (Å²) in [6.45, 7) is 6.35. The molecule has 0 saturated carbocycles. The Morgan fingerprint density at radius 2 is 1.97 bits per heavy atom. The van der Waals surface area contributed by atoms with E-state index in [0.717, 1.165) is 42.7 Å². The number of ketones is 1. The van der Waals surface area contributed by atoms with Gasteiger partial charge in [0.25, 0.3) is 0 Å². The average Bonchev–Trinajstić information content (AvgIpc) is 2.73. The molecular formula is C26H32N2O3. The molecule has 1 aliphatic heterocycles. The Bertz CT molecular complexity index is 992. The van der Waals surface area contributed by atoms with Crippen LogP contribution in [0.25, 0.3) is 5.70 Å². The van der Waals surface area contributed by atoms with E-state index in [1.54, 1.807) is 31.4 Å². The fourth-order valence-corrected chi connectivity index (χ4v) is 3.88. The molecule has 5 nitrogen and oxygen atoms in total. The largest absolute Gasteiger partial charge is 0.497 e. The number of allylic oxidation sites excluding steroid dienone is 1. The summed E-state index contributed by atoms with van der Waals surface area (Å²) in [5.41, 5.74) is 3.95. The van der Waals surface area contributed by atoms with Gasteiger partial charge in [0.05, 0.1) is 7.11 Å². The van der Waals surface area contributed by atoms with Crippen LogP contribution < -0.4 is 15.4 Å². The highest BCUT2D eigenvalue weighted by atomic mass is 16.5. The van der Waals surface area contributed by atoms with Gasteiger partial charge >= 0.3 is 0 Å². The van der Waals surface area contributed by atoms with Crippen molar-refractivity contribution < 1.29 is 14.3 Å². The summed E-state index contributed by atoms with van der Waals surface area (Å²) in [6, 6.07) is 13.1. The van der Waals surface area contributed by atoms with Crippen LogP contribution in [0.3, 0.4) is 0 Å². The SMILES string of the molecule is CCCCCC(=O)Nc1cccc(C(=O)/C=C2\NC(C)(C)Cc3ccc(OC)cc32)c1. The Morgan fingerprint density at radius 1 is 1.16 bits per heavy atom. The summed E-state index contributed by atoms with van der Waals surface area (Å²) in [5.74, 6) is 0.621. The van der Waals surface area contributed by atoms with Gasteiger partial charge in [0.1, 0.15) is 5.75 Å². The second kappa shape index (κ2) is 9.82. The number of nitrogens with one attached hydrogen (secondary N) is 2. The van der Waals surface area contributed by atoms with Crippen LogP contribution in [-0.4, -0.2) is 24.3 Å². The third-order valence-corrected chi connectivity index (χ3v) is 5.43. The summed E-state index contributed by atoms with van der Waals surface area (Å²) in [4.78, 5) is 25.2. The predicted octanol–water partition coefficient (Wildman–Crippen LogP) is 5.36. The first-order valence-electron chi connectivity index (χ1n) is 10.9. The molecule has 0 fully saturated rings. The molecule has 1 aliphatic rings. The van der Waals surface area contributed by atoms with Crippen molar-refractivity contribution in [1.29, 1.82) is 0 Å². The first-order valence-corrected chi connectivity index (χ1v) is 10.9. The van der Waals surface area contributed by atoms with Gasteiger partial charge < -0.3 is 15.4 Å². The van der Waals surface area contributed by atoms with E-state index in [1.807, 2.05) is 18.2 Å². The maximum absolute atomic E-state index is 13.1. The number of carbonyl (C=O) groups is 2. The lowest BCUT2D eigenvalue weighted by Gasteiger charge is -2.35. The van der Waals surface area contributed by atoms with Gasteiger partial charge in [-0.15, -0.1) is 0 Å². The van der Waals surface area contributed by atoms with Crippen LogP contribution in [0.2, 0.25) is 0 Å². The molecule has 0 unspecified atom stereocenters. The van der Waals surface area contributed by atoms with Crippen molar-refractivity contribution in [2.75, 3.05) is 12.4 Å². The highest BCUT2D eigenvalue weighted by molar-refractivity contribution is 6.09. The fourth-order valence-electron chi connectivity index (χ4n) is 3.88. The highest BCUT2D eigenvalue weighted by Crippen LogP contribution is 2.32. The Hall–Kier alpha value is -3.08. The molecule has 0 radical (unpaired) electrons. The fraction of sp³-hybridized carbons (Fsp3) is 0.385. The van der Waals surface area contributed by atoms with E-state index in [4.69, 9.17) is 4.74 Å². The van der Waals surface area contributed by atoms with Crippen LogP contribution in [-0.2, 0) is 11.2 Å². The summed E-state index contributed by atoms with van der Waals surface area (Å²) in [6.07, 6.45) is 5.98. The van der Waals surface area contributed by atoms with Gasteiger partial charge in [-0.3, -0.25) is 9.59 Å². The number of ether oxygens (including phenoxy) is 1.